The Morgan fingerprint density at radius 3 is 2.83 bits per heavy atom. The van der Waals surface area contributed by atoms with E-state index in [-0.39, 0.29) is 23.8 Å². The van der Waals surface area contributed by atoms with Crippen LogP contribution in [0.15, 0.2) is 18.2 Å². The predicted octanol–water partition coefficient (Wildman–Crippen LogP) is 3.37. The number of ether oxygens (including phenoxy) is 1. The van der Waals surface area contributed by atoms with Gasteiger partial charge in [-0.25, -0.2) is 4.79 Å². The van der Waals surface area contributed by atoms with Crippen molar-refractivity contribution in [3.63, 3.8) is 0 Å². The van der Waals surface area contributed by atoms with Gasteiger partial charge in [0.15, 0.2) is 0 Å². The maximum absolute atomic E-state index is 11.9. The molecule has 0 radical (unpaired) electrons. The van der Waals surface area contributed by atoms with Crippen LogP contribution in [-0.2, 0) is 22.6 Å². The van der Waals surface area contributed by atoms with Crippen molar-refractivity contribution in [1.29, 1.82) is 0 Å². The van der Waals surface area contributed by atoms with Crippen LogP contribution in [0.2, 0.25) is 0 Å². The van der Waals surface area contributed by atoms with Crippen molar-refractivity contribution in [1.82, 2.24) is 0 Å². The summed E-state index contributed by atoms with van der Waals surface area (Å²) < 4.78 is 5.04. The second-order valence-electron chi connectivity index (χ2n) is 6.34. The second kappa shape index (κ2) is 6.15. The molecule has 2 aliphatic rings. The van der Waals surface area contributed by atoms with Crippen molar-refractivity contribution in [3.05, 3.63) is 46.0 Å². The standard InChI is InChI=1S/C19H20O5/c1-3-13-10(2)15-9-24-19(23)16(15)17(20)14(13)7-5-11-4-6-12(8-11)18(21)22/h3,5,12,20H,1,4,6-9H2,2H3,(H,21,22)/b11-5+. The number of carbonyl (C=O) groups is 2. The smallest absolute Gasteiger partial charge is 0.342 e. The molecule has 1 unspecified atom stereocenters. The number of cyclic esters (lactones) is 1. The molecule has 1 atom stereocenters. The van der Waals surface area contributed by atoms with Crippen LogP contribution in [0.3, 0.4) is 0 Å². The second-order valence-corrected chi connectivity index (χ2v) is 6.34. The van der Waals surface area contributed by atoms with Crippen LogP contribution in [0.5, 0.6) is 5.75 Å². The van der Waals surface area contributed by atoms with Gasteiger partial charge in [0, 0.05) is 11.1 Å². The molecule has 1 saturated carbocycles. The van der Waals surface area contributed by atoms with E-state index in [1.807, 2.05) is 13.0 Å². The lowest BCUT2D eigenvalue weighted by molar-refractivity contribution is -0.141. The van der Waals surface area contributed by atoms with Gasteiger partial charge >= 0.3 is 11.9 Å². The van der Waals surface area contributed by atoms with E-state index < -0.39 is 11.9 Å². The molecule has 1 aromatic rings. The number of benzene rings is 1. The Morgan fingerprint density at radius 2 is 2.21 bits per heavy atom. The van der Waals surface area contributed by atoms with Crippen LogP contribution in [0.25, 0.3) is 6.08 Å². The molecule has 5 heteroatoms. The van der Waals surface area contributed by atoms with Crippen LogP contribution in [-0.4, -0.2) is 22.2 Å². The van der Waals surface area contributed by atoms with Crippen molar-refractivity contribution < 1.29 is 24.5 Å². The quantitative estimate of drug-likeness (QED) is 0.654. The summed E-state index contributed by atoms with van der Waals surface area (Å²) in [6.07, 6.45) is 6.05. The van der Waals surface area contributed by atoms with E-state index in [2.05, 4.69) is 6.58 Å². The van der Waals surface area contributed by atoms with Gasteiger partial charge < -0.3 is 14.9 Å². The molecule has 1 aromatic carbocycles. The number of allylic oxidation sites excluding steroid dienone is 2. The van der Waals surface area contributed by atoms with Crippen LogP contribution in [0.4, 0.5) is 0 Å². The van der Waals surface area contributed by atoms with Crippen molar-refractivity contribution in [2.75, 3.05) is 0 Å². The Hall–Kier alpha value is -2.56. The van der Waals surface area contributed by atoms with Crippen molar-refractivity contribution in [2.45, 2.75) is 39.2 Å². The van der Waals surface area contributed by atoms with E-state index in [1.54, 1.807) is 6.08 Å². The number of hydrogen-bond acceptors (Lipinski definition) is 4. The molecule has 0 bridgehead atoms. The van der Waals surface area contributed by atoms with E-state index in [0.717, 1.165) is 28.7 Å². The lowest BCUT2D eigenvalue weighted by Gasteiger charge is -2.14. The minimum absolute atomic E-state index is 0.0439. The first kappa shape index (κ1) is 16.3. The van der Waals surface area contributed by atoms with E-state index in [4.69, 9.17) is 9.84 Å². The largest absolute Gasteiger partial charge is 0.507 e. The first-order valence-electron chi connectivity index (χ1n) is 8.01. The normalized spacial score (nSPS) is 21.0. The van der Waals surface area contributed by atoms with Gasteiger partial charge in [-0.1, -0.05) is 24.3 Å². The van der Waals surface area contributed by atoms with Crippen LogP contribution in [0, 0.1) is 12.8 Å². The molecule has 1 aliphatic heterocycles. The Bertz CT molecular complexity index is 773. The fourth-order valence-corrected chi connectivity index (χ4v) is 3.61. The summed E-state index contributed by atoms with van der Waals surface area (Å²) in [5.41, 5.74) is 4.40. The number of carbonyl (C=O) groups excluding carboxylic acids is 1. The highest BCUT2D eigenvalue weighted by Gasteiger charge is 2.31. The molecule has 0 spiro atoms. The molecule has 24 heavy (non-hydrogen) atoms. The average Bonchev–Trinajstić information content (AvgIpc) is 3.16. The molecule has 2 N–H and O–H groups in total. The maximum Gasteiger partial charge on any atom is 0.342 e. The molecule has 1 aliphatic carbocycles. The third-order valence-corrected chi connectivity index (χ3v) is 5.03. The third kappa shape index (κ3) is 2.60. The third-order valence-electron chi connectivity index (χ3n) is 5.03. The van der Waals surface area contributed by atoms with Gasteiger partial charge in [0.1, 0.15) is 17.9 Å². The molecule has 0 aromatic heterocycles. The van der Waals surface area contributed by atoms with Gasteiger partial charge in [0.25, 0.3) is 0 Å². The minimum Gasteiger partial charge on any atom is -0.507 e. The predicted molar refractivity (Wildman–Crippen MR) is 88.8 cm³/mol. The van der Waals surface area contributed by atoms with Crippen LogP contribution in [0.1, 0.15) is 51.9 Å². The van der Waals surface area contributed by atoms with Crippen molar-refractivity contribution in [3.8, 4) is 5.75 Å². The maximum atomic E-state index is 11.9. The molecular weight excluding hydrogens is 308 g/mol. The number of phenols is 1. The van der Waals surface area contributed by atoms with E-state index >= 15 is 0 Å². The van der Waals surface area contributed by atoms with Crippen LogP contribution >= 0.6 is 0 Å². The van der Waals surface area contributed by atoms with E-state index in [1.165, 1.54) is 0 Å². The number of hydrogen-bond donors (Lipinski definition) is 2. The van der Waals surface area contributed by atoms with Gasteiger partial charge in [-0.05, 0) is 43.7 Å². The summed E-state index contributed by atoms with van der Waals surface area (Å²) in [6, 6.07) is 0. The Kier molecular flexibility index (Phi) is 4.18. The molecular formula is C19H20O5. The molecule has 1 heterocycles. The monoisotopic (exact) mass is 328 g/mol. The summed E-state index contributed by atoms with van der Waals surface area (Å²) in [7, 11) is 0. The highest BCUT2D eigenvalue weighted by atomic mass is 16.5. The van der Waals surface area contributed by atoms with Crippen LogP contribution < -0.4 is 0 Å². The summed E-state index contributed by atoms with van der Waals surface area (Å²) in [5, 5.41) is 19.6. The van der Waals surface area contributed by atoms with Gasteiger partial charge in [-0.2, -0.15) is 0 Å². The number of esters is 1. The SMILES string of the molecule is C=Cc1c(C)c2c(c(O)c1C/C=C1\CCC(C(=O)O)C1)C(=O)OC2. The molecule has 126 valence electrons. The number of aromatic hydroxyl groups is 1. The number of fused-ring (bicyclic) bond motifs is 1. The molecule has 0 saturated heterocycles. The number of carboxylic acids is 1. The number of aliphatic carboxylic acids is 1. The lowest BCUT2D eigenvalue weighted by atomic mass is 9.90. The average molecular weight is 328 g/mol. The summed E-state index contributed by atoms with van der Waals surface area (Å²) in [4.78, 5) is 22.9. The Balaban J connectivity index is 1.96. The Labute approximate surface area is 140 Å². The lowest BCUT2D eigenvalue weighted by Crippen LogP contribution is -2.08. The van der Waals surface area contributed by atoms with Crippen molar-refractivity contribution in [2.24, 2.45) is 5.92 Å². The van der Waals surface area contributed by atoms with Gasteiger partial charge in [-0.3, -0.25) is 4.79 Å². The first-order chi connectivity index (χ1) is 11.4. The highest BCUT2D eigenvalue weighted by Crippen LogP contribution is 2.39. The zero-order valence-electron chi connectivity index (χ0n) is 13.6. The molecule has 3 rings (SSSR count). The zero-order chi connectivity index (χ0) is 17.4. The van der Waals surface area contributed by atoms with E-state index in [0.29, 0.717) is 24.8 Å². The number of carboxylic acid groups (broad SMARTS) is 1. The topological polar surface area (TPSA) is 83.8 Å². The van der Waals surface area contributed by atoms with Gasteiger partial charge in [0.05, 0.1) is 5.92 Å². The molecule has 0 amide bonds. The fourth-order valence-electron chi connectivity index (χ4n) is 3.61. The molecule has 5 nitrogen and oxygen atoms in total. The first-order valence-corrected chi connectivity index (χ1v) is 8.01. The number of rotatable bonds is 4. The zero-order valence-corrected chi connectivity index (χ0v) is 13.6. The fraction of sp³-hybridized carbons (Fsp3) is 0.368. The molecule has 1 fully saturated rings. The van der Waals surface area contributed by atoms with Gasteiger partial charge in [-0.15, -0.1) is 0 Å². The minimum atomic E-state index is -0.760. The van der Waals surface area contributed by atoms with Gasteiger partial charge in [0.2, 0.25) is 0 Å². The summed E-state index contributed by atoms with van der Waals surface area (Å²) >= 11 is 0. The van der Waals surface area contributed by atoms with E-state index in [9.17, 15) is 14.7 Å². The Morgan fingerprint density at radius 1 is 1.46 bits per heavy atom. The summed E-state index contributed by atoms with van der Waals surface area (Å²) in [5.74, 6) is -1.62. The number of phenolic OH excluding ortho intramolecular Hbond substituents is 1. The van der Waals surface area contributed by atoms with Crippen molar-refractivity contribution >= 4 is 18.0 Å². The highest BCUT2D eigenvalue weighted by molar-refractivity contribution is 5.98. The summed E-state index contributed by atoms with van der Waals surface area (Å²) in [6.45, 7) is 5.89.